The van der Waals surface area contributed by atoms with Crippen molar-refractivity contribution in [2.24, 2.45) is 5.41 Å². The number of ether oxygens (including phenoxy) is 1. The Morgan fingerprint density at radius 2 is 1.80 bits per heavy atom. The van der Waals surface area contributed by atoms with Gasteiger partial charge >= 0.3 is 5.97 Å². The largest absolute Gasteiger partial charge is 0.462 e. The molecule has 1 aliphatic carbocycles. The van der Waals surface area contributed by atoms with Crippen LogP contribution in [-0.2, 0) is 9.53 Å². The molecule has 1 aromatic heterocycles. The highest BCUT2D eigenvalue weighted by molar-refractivity contribution is 5.79. The van der Waals surface area contributed by atoms with E-state index in [4.69, 9.17) is 4.74 Å². The first-order chi connectivity index (χ1) is 12.3. The third-order valence-electron chi connectivity index (χ3n) is 6.30. The smallest absolute Gasteiger partial charge is 0.312 e. The maximum Gasteiger partial charge on any atom is 0.312 e. The second-order valence-corrected chi connectivity index (χ2v) is 7.90. The van der Waals surface area contributed by atoms with Crippen molar-refractivity contribution in [1.29, 1.82) is 0 Å². The highest BCUT2D eigenvalue weighted by atomic mass is 16.6. The number of hydrogen-bond donors (Lipinski definition) is 0. The van der Waals surface area contributed by atoms with E-state index < -0.39 is 0 Å². The Kier molecular flexibility index (Phi) is 4.93. The van der Waals surface area contributed by atoms with Crippen molar-refractivity contribution in [3.63, 3.8) is 0 Å². The van der Waals surface area contributed by atoms with Gasteiger partial charge in [-0.1, -0.05) is 19.3 Å². The van der Waals surface area contributed by atoms with Gasteiger partial charge in [-0.2, -0.15) is 0 Å². The number of pyridine rings is 1. The number of hydrogen-bond acceptors (Lipinski definition) is 5. The third-order valence-corrected chi connectivity index (χ3v) is 6.30. The summed E-state index contributed by atoms with van der Waals surface area (Å²) < 4.78 is 5.75. The van der Waals surface area contributed by atoms with Gasteiger partial charge in [-0.15, -0.1) is 0 Å². The number of carbonyl (C=O) groups excluding carboxylic acids is 1. The van der Waals surface area contributed by atoms with E-state index in [1.54, 1.807) is 0 Å². The Labute approximate surface area is 150 Å². The van der Waals surface area contributed by atoms with E-state index in [0.29, 0.717) is 0 Å². The topological polar surface area (TPSA) is 45.7 Å². The molecule has 0 aromatic carbocycles. The second-order valence-electron chi connectivity index (χ2n) is 7.90. The van der Waals surface area contributed by atoms with Crippen molar-refractivity contribution in [1.82, 2.24) is 9.88 Å². The minimum Gasteiger partial charge on any atom is -0.462 e. The molecule has 3 aliphatic rings. The molecule has 1 saturated carbocycles. The standard InChI is InChI=1S/C20H29N3O2/c24-19-20(7-2-1-3-8-20)16-18(25-19)6-11-22-12-14-23(15-13-22)17-4-9-21-10-5-17/h4-5,9-10,18H,1-3,6-8,11-16H2/t18-/m1/s1. The lowest BCUT2D eigenvalue weighted by Crippen LogP contribution is -2.47. The van der Waals surface area contributed by atoms with Crippen molar-refractivity contribution in [3.05, 3.63) is 24.5 Å². The molecular weight excluding hydrogens is 314 g/mol. The lowest BCUT2D eigenvalue weighted by molar-refractivity contribution is -0.150. The highest BCUT2D eigenvalue weighted by Crippen LogP contribution is 2.46. The summed E-state index contributed by atoms with van der Waals surface area (Å²) in [6.07, 6.45) is 11.6. The Balaban J connectivity index is 1.23. The van der Waals surface area contributed by atoms with Gasteiger partial charge in [0.1, 0.15) is 6.10 Å². The first-order valence-corrected chi connectivity index (χ1v) is 9.84. The first kappa shape index (κ1) is 16.8. The van der Waals surface area contributed by atoms with E-state index >= 15 is 0 Å². The predicted molar refractivity (Wildman–Crippen MR) is 97.5 cm³/mol. The SMILES string of the molecule is O=C1O[C@H](CCN2CCN(c3ccncc3)CC2)CC12CCCCC2. The van der Waals surface area contributed by atoms with Crippen LogP contribution in [0.1, 0.15) is 44.9 Å². The van der Waals surface area contributed by atoms with Crippen LogP contribution in [0.3, 0.4) is 0 Å². The fourth-order valence-electron chi connectivity index (χ4n) is 4.75. The number of rotatable bonds is 4. The van der Waals surface area contributed by atoms with Crippen LogP contribution >= 0.6 is 0 Å². The summed E-state index contributed by atoms with van der Waals surface area (Å²) in [6, 6.07) is 4.16. The van der Waals surface area contributed by atoms with Gasteiger partial charge in [-0.3, -0.25) is 14.7 Å². The monoisotopic (exact) mass is 343 g/mol. The van der Waals surface area contributed by atoms with E-state index in [1.807, 2.05) is 12.4 Å². The molecule has 0 radical (unpaired) electrons. The summed E-state index contributed by atoms with van der Waals surface area (Å²) in [5.41, 5.74) is 1.14. The zero-order chi connectivity index (χ0) is 17.1. The molecule has 136 valence electrons. The molecule has 0 bridgehead atoms. The van der Waals surface area contributed by atoms with Gasteiger partial charge < -0.3 is 9.64 Å². The van der Waals surface area contributed by atoms with Crippen LogP contribution < -0.4 is 4.90 Å². The molecule has 1 aromatic rings. The number of aromatic nitrogens is 1. The van der Waals surface area contributed by atoms with Crippen molar-refractivity contribution in [2.45, 2.75) is 51.0 Å². The number of nitrogens with zero attached hydrogens (tertiary/aromatic N) is 3. The van der Waals surface area contributed by atoms with Gasteiger partial charge in [0.15, 0.2) is 0 Å². The molecule has 3 heterocycles. The van der Waals surface area contributed by atoms with Crippen molar-refractivity contribution in [3.8, 4) is 0 Å². The molecule has 5 heteroatoms. The molecule has 25 heavy (non-hydrogen) atoms. The van der Waals surface area contributed by atoms with Crippen molar-refractivity contribution < 1.29 is 9.53 Å². The number of anilines is 1. The number of piperazine rings is 1. The third kappa shape index (κ3) is 3.66. The molecule has 0 amide bonds. The second kappa shape index (κ2) is 7.32. The fraction of sp³-hybridized carbons (Fsp3) is 0.700. The number of carbonyl (C=O) groups is 1. The van der Waals surface area contributed by atoms with E-state index in [0.717, 1.165) is 58.4 Å². The summed E-state index contributed by atoms with van der Waals surface area (Å²) in [7, 11) is 0. The highest BCUT2D eigenvalue weighted by Gasteiger charge is 2.48. The molecule has 3 fully saturated rings. The predicted octanol–water partition coefficient (Wildman–Crippen LogP) is 2.86. The van der Waals surface area contributed by atoms with Crippen molar-refractivity contribution >= 4 is 11.7 Å². The minimum atomic E-state index is -0.122. The van der Waals surface area contributed by atoms with E-state index in [1.165, 1.54) is 24.9 Å². The van der Waals surface area contributed by atoms with Gasteiger partial charge in [0.05, 0.1) is 5.41 Å². The van der Waals surface area contributed by atoms with Crippen LogP contribution in [0, 0.1) is 5.41 Å². The van der Waals surface area contributed by atoms with Gasteiger partial charge in [-0.05, 0) is 31.4 Å². The zero-order valence-corrected chi connectivity index (χ0v) is 15.0. The summed E-state index contributed by atoms with van der Waals surface area (Å²) in [5.74, 6) is 0.0970. The molecule has 2 saturated heterocycles. The maximum atomic E-state index is 12.4. The first-order valence-electron chi connectivity index (χ1n) is 9.84. The van der Waals surface area contributed by atoms with Gasteiger partial charge in [0.25, 0.3) is 0 Å². The molecule has 1 spiro atoms. The number of cyclic esters (lactones) is 1. The van der Waals surface area contributed by atoms with E-state index in [9.17, 15) is 4.79 Å². The Hall–Kier alpha value is -1.62. The van der Waals surface area contributed by atoms with Gasteiger partial charge in [0.2, 0.25) is 0 Å². The lowest BCUT2D eigenvalue weighted by Gasteiger charge is -2.36. The summed E-state index contributed by atoms with van der Waals surface area (Å²) in [6.45, 7) is 5.30. The maximum absolute atomic E-state index is 12.4. The Bertz CT molecular complexity index is 578. The molecule has 2 aliphatic heterocycles. The molecule has 1 atom stereocenters. The fourth-order valence-corrected chi connectivity index (χ4v) is 4.75. The summed E-state index contributed by atoms with van der Waals surface area (Å²) >= 11 is 0. The molecule has 4 rings (SSSR count). The number of esters is 1. The molecule has 5 nitrogen and oxygen atoms in total. The van der Waals surface area contributed by atoms with E-state index in [-0.39, 0.29) is 17.5 Å². The summed E-state index contributed by atoms with van der Waals surface area (Å²) in [5, 5.41) is 0. The molecule has 0 unspecified atom stereocenters. The van der Waals surface area contributed by atoms with Crippen LogP contribution in [0.4, 0.5) is 5.69 Å². The quantitative estimate of drug-likeness (QED) is 0.787. The van der Waals surface area contributed by atoms with Crippen molar-refractivity contribution in [2.75, 3.05) is 37.6 Å². The van der Waals surface area contributed by atoms with Crippen LogP contribution in [0.2, 0.25) is 0 Å². The Morgan fingerprint density at radius 1 is 1.08 bits per heavy atom. The van der Waals surface area contributed by atoms with Gasteiger partial charge in [0, 0.05) is 57.2 Å². The minimum absolute atomic E-state index is 0.0970. The van der Waals surface area contributed by atoms with Crippen LogP contribution in [-0.4, -0.2) is 54.7 Å². The zero-order valence-electron chi connectivity index (χ0n) is 15.0. The van der Waals surface area contributed by atoms with E-state index in [2.05, 4.69) is 26.9 Å². The van der Waals surface area contributed by atoms with Crippen LogP contribution in [0.25, 0.3) is 0 Å². The average molecular weight is 343 g/mol. The molecular formula is C20H29N3O2. The van der Waals surface area contributed by atoms with Crippen LogP contribution in [0.15, 0.2) is 24.5 Å². The normalized spacial score (nSPS) is 26.8. The lowest BCUT2D eigenvalue weighted by atomic mass is 9.72. The van der Waals surface area contributed by atoms with Crippen LogP contribution in [0.5, 0.6) is 0 Å². The molecule has 0 N–H and O–H groups in total. The van der Waals surface area contributed by atoms with Gasteiger partial charge in [-0.25, -0.2) is 0 Å². The summed E-state index contributed by atoms with van der Waals surface area (Å²) in [4.78, 5) is 21.4. The average Bonchev–Trinajstić information content (AvgIpc) is 2.97. The Morgan fingerprint density at radius 3 is 2.52 bits per heavy atom.